The molecule has 0 radical (unpaired) electrons. The molecule has 0 unspecified atom stereocenters. The molecule has 2 aromatic rings. The third-order valence-corrected chi connectivity index (χ3v) is 3.53. The van der Waals surface area contributed by atoms with Crippen LogP contribution in [-0.4, -0.2) is 13.4 Å². The second-order valence-corrected chi connectivity index (χ2v) is 5.58. The summed E-state index contributed by atoms with van der Waals surface area (Å²) in [6.07, 6.45) is 1.08. The van der Waals surface area contributed by atoms with Crippen molar-refractivity contribution in [1.29, 1.82) is 0 Å². The van der Waals surface area contributed by atoms with Crippen LogP contribution in [0, 0.1) is 11.8 Å². The van der Waals surface area contributed by atoms with Crippen molar-refractivity contribution in [2.24, 2.45) is 0 Å². The lowest BCUT2D eigenvalue weighted by molar-refractivity contribution is 0.583. The Morgan fingerprint density at radius 3 is 2.32 bits per heavy atom. The maximum absolute atomic E-state index is 12.7. The van der Waals surface area contributed by atoms with E-state index in [9.17, 15) is 17.2 Å². The van der Waals surface area contributed by atoms with E-state index >= 15 is 0 Å². The van der Waals surface area contributed by atoms with Gasteiger partial charge in [0.25, 0.3) is 0 Å². The lowest BCUT2D eigenvalue weighted by atomic mass is 10.2. The van der Waals surface area contributed by atoms with Crippen LogP contribution in [-0.2, 0) is 15.8 Å². The Labute approximate surface area is 109 Å². The smallest absolute Gasteiger partial charge is 0.236 e. The highest BCUT2D eigenvalue weighted by atomic mass is 32.2. The van der Waals surface area contributed by atoms with E-state index in [1.807, 2.05) is 0 Å². The topological polar surface area (TPSA) is 59.1 Å². The summed E-state index contributed by atoms with van der Waals surface area (Å²) in [5.74, 6) is -1.43. The van der Waals surface area contributed by atoms with Crippen molar-refractivity contribution in [2.75, 3.05) is 4.72 Å². The Bertz CT molecular complexity index is 602. The van der Waals surface area contributed by atoms with Gasteiger partial charge in [0.2, 0.25) is 16.0 Å². The number of sulfonamides is 1. The first-order chi connectivity index (χ1) is 8.94. The fourth-order valence-electron chi connectivity index (χ4n) is 1.45. The number of nitrogens with zero attached hydrogens (tertiary/aromatic N) is 1. The van der Waals surface area contributed by atoms with Gasteiger partial charge >= 0.3 is 0 Å². The molecule has 1 aromatic heterocycles. The van der Waals surface area contributed by atoms with Crippen LogP contribution in [0.5, 0.6) is 0 Å². The highest BCUT2D eigenvalue weighted by Gasteiger charge is 2.12. The van der Waals surface area contributed by atoms with Gasteiger partial charge in [-0.25, -0.2) is 17.8 Å². The molecule has 0 saturated heterocycles. The van der Waals surface area contributed by atoms with E-state index < -0.39 is 21.8 Å². The standard InChI is InChI=1S/C12H10F2N2O2S/c13-10-3-1-9(2-4-10)8-19(17,18)16-11-5-6-12(14)15-7-11/h1-7,16H,8H2. The zero-order valence-corrected chi connectivity index (χ0v) is 10.5. The normalized spacial score (nSPS) is 11.3. The molecule has 19 heavy (non-hydrogen) atoms. The summed E-state index contributed by atoms with van der Waals surface area (Å²) < 4.78 is 51.2. The van der Waals surface area contributed by atoms with Crippen LogP contribution in [0.3, 0.4) is 0 Å². The van der Waals surface area contributed by atoms with E-state index in [2.05, 4.69) is 9.71 Å². The van der Waals surface area contributed by atoms with Gasteiger partial charge < -0.3 is 0 Å². The molecule has 4 nitrogen and oxygen atoms in total. The molecule has 100 valence electrons. The molecule has 0 aliphatic rings. The number of benzene rings is 1. The van der Waals surface area contributed by atoms with E-state index in [0.717, 1.165) is 12.3 Å². The van der Waals surface area contributed by atoms with Crippen molar-refractivity contribution in [1.82, 2.24) is 4.98 Å². The molecule has 1 aromatic carbocycles. The molecule has 0 amide bonds. The lowest BCUT2D eigenvalue weighted by Crippen LogP contribution is -2.15. The molecule has 1 heterocycles. The maximum Gasteiger partial charge on any atom is 0.236 e. The number of pyridine rings is 1. The van der Waals surface area contributed by atoms with E-state index in [4.69, 9.17) is 0 Å². The van der Waals surface area contributed by atoms with Crippen molar-refractivity contribution < 1.29 is 17.2 Å². The Morgan fingerprint density at radius 2 is 1.74 bits per heavy atom. The molecule has 0 aliphatic carbocycles. The van der Waals surface area contributed by atoms with Crippen molar-refractivity contribution in [3.8, 4) is 0 Å². The van der Waals surface area contributed by atoms with Gasteiger partial charge in [-0.15, -0.1) is 0 Å². The summed E-state index contributed by atoms with van der Waals surface area (Å²) in [4.78, 5) is 3.34. The largest absolute Gasteiger partial charge is 0.282 e. The third-order valence-electron chi connectivity index (χ3n) is 2.27. The molecular weight excluding hydrogens is 274 g/mol. The molecule has 0 saturated carbocycles. The molecule has 0 spiro atoms. The molecule has 0 atom stereocenters. The van der Waals surface area contributed by atoms with Crippen LogP contribution < -0.4 is 4.72 Å². The highest BCUT2D eigenvalue weighted by molar-refractivity contribution is 7.91. The van der Waals surface area contributed by atoms with Gasteiger partial charge in [0.05, 0.1) is 17.6 Å². The van der Waals surface area contributed by atoms with E-state index in [0.29, 0.717) is 5.56 Å². The van der Waals surface area contributed by atoms with E-state index in [1.54, 1.807) is 0 Å². The number of aromatic nitrogens is 1. The number of anilines is 1. The van der Waals surface area contributed by atoms with Crippen LogP contribution in [0.4, 0.5) is 14.5 Å². The van der Waals surface area contributed by atoms with Crippen molar-refractivity contribution in [3.05, 3.63) is 59.9 Å². The zero-order chi connectivity index (χ0) is 13.9. The summed E-state index contributed by atoms with van der Waals surface area (Å²) >= 11 is 0. The quantitative estimate of drug-likeness (QED) is 0.876. The maximum atomic E-state index is 12.7. The van der Waals surface area contributed by atoms with Crippen LogP contribution in [0.25, 0.3) is 0 Å². The number of nitrogens with one attached hydrogen (secondary N) is 1. The van der Waals surface area contributed by atoms with Crippen LogP contribution in [0.1, 0.15) is 5.56 Å². The average molecular weight is 284 g/mol. The first-order valence-corrected chi connectivity index (χ1v) is 6.96. The van der Waals surface area contributed by atoms with Crippen LogP contribution in [0.2, 0.25) is 0 Å². The number of hydrogen-bond acceptors (Lipinski definition) is 3. The van der Waals surface area contributed by atoms with Gasteiger partial charge in [-0.1, -0.05) is 12.1 Å². The molecular formula is C12H10F2N2O2S. The summed E-state index contributed by atoms with van der Waals surface area (Å²) in [6.45, 7) is 0. The van der Waals surface area contributed by atoms with Gasteiger partial charge in [-0.3, -0.25) is 4.72 Å². The first kappa shape index (κ1) is 13.4. The van der Waals surface area contributed by atoms with Gasteiger partial charge in [-0.05, 0) is 29.8 Å². The molecule has 0 fully saturated rings. The number of halogens is 2. The van der Waals surface area contributed by atoms with Crippen molar-refractivity contribution in [3.63, 3.8) is 0 Å². The van der Waals surface area contributed by atoms with Crippen molar-refractivity contribution >= 4 is 15.7 Å². The number of hydrogen-bond donors (Lipinski definition) is 1. The third kappa shape index (κ3) is 3.99. The number of rotatable bonds is 4. The van der Waals surface area contributed by atoms with Gasteiger partial charge in [0.15, 0.2) is 0 Å². The SMILES string of the molecule is O=S(=O)(Cc1ccc(F)cc1)Nc1ccc(F)nc1. The summed E-state index contributed by atoms with van der Waals surface area (Å²) in [5.41, 5.74) is 0.618. The molecule has 1 N–H and O–H groups in total. The van der Waals surface area contributed by atoms with Crippen molar-refractivity contribution in [2.45, 2.75) is 5.75 Å². The van der Waals surface area contributed by atoms with Crippen LogP contribution in [0.15, 0.2) is 42.6 Å². The second-order valence-electron chi connectivity index (χ2n) is 3.86. The minimum Gasteiger partial charge on any atom is -0.282 e. The Kier molecular flexibility index (Phi) is 3.75. The summed E-state index contributed by atoms with van der Waals surface area (Å²) in [5, 5.41) is 0. The van der Waals surface area contributed by atoms with Gasteiger partial charge in [-0.2, -0.15) is 4.39 Å². The zero-order valence-electron chi connectivity index (χ0n) is 9.68. The molecule has 2 rings (SSSR count). The first-order valence-electron chi connectivity index (χ1n) is 5.31. The van der Waals surface area contributed by atoms with E-state index in [1.165, 1.54) is 30.3 Å². The summed E-state index contributed by atoms with van der Waals surface area (Å²) in [6, 6.07) is 7.46. The molecule has 7 heteroatoms. The lowest BCUT2D eigenvalue weighted by Gasteiger charge is -2.07. The Hall–Kier alpha value is -2.02. The highest BCUT2D eigenvalue weighted by Crippen LogP contribution is 2.12. The summed E-state index contributed by atoms with van der Waals surface area (Å²) in [7, 11) is -3.65. The molecule has 0 aliphatic heterocycles. The second kappa shape index (κ2) is 5.31. The van der Waals surface area contributed by atoms with Gasteiger partial charge in [0.1, 0.15) is 5.82 Å². The predicted molar refractivity (Wildman–Crippen MR) is 66.8 cm³/mol. The monoisotopic (exact) mass is 284 g/mol. The minimum absolute atomic E-state index is 0.170. The Balaban J connectivity index is 2.10. The Morgan fingerprint density at radius 1 is 1.05 bits per heavy atom. The average Bonchev–Trinajstić information content (AvgIpc) is 2.34. The van der Waals surface area contributed by atoms with Gasteiger partial charge in [0, 0.05) is 0 Å². The molecule has 0 bridgehead atoms. The fraction of sp³-hybridized carbons (Fsp3) is 0.0833. The minimum atomic E-state index is -3.65. The fourth-order valence-corrected chi connectivity index (χ4v) is 2.64. The predicted octanol–water partition coefficient (Wildman–Crippen LogP) is 2.30. The van der Waals surface area contributed by atoms with E-state index in [-0.39, 0.29) is 11.4 Å². The van der Waals surface area contributed by atoms with Crippen LogP contribution >= 0.6 is 0 Å².